The van der Waals surface area contributed by atoms with Crippen LogP contribution in [0.5, 0.6) is 5.75 Å². The molecule has 4 heteroatoms. The molecule has 0 aliphatic rings. The van der Waals surface area contributed by atoms with E-state index in [4.69, 9.17) is 9.47 Å². The second-order valence-electron chi connectivity index (χ2n) is 4.79. The molecule has 0 aliphatic heterocycles. The van der Waals surface area contributed by atoms with Gasteiger partial charge in [-0.25, -0.2) is 0 Å². The molecular weight excluding hydrogens is 266 g/mol. The molecule has 0 bridgehead atoms. The molecule has 0 amide bonds. The average Bonchev–Trinajstić information content (AvgIpc) is 2.54. The average molecular weight is 287 g/mol. The van der Waals surface area contributed by atoms with Crippen molar-refractivity contribution in [3.05, 3.63) is 59.9 Å². The first kappa shape index (κ1) is 15.5. The molecule has 21 heavy (non-hydrogen) atoms. The summed E-state index contributed by atoms with van der Waals surface area (Å²) in [6.07, 6.45) is 4.44. The Kier molecular flexibility index (Phi) is 6.19. The molecule has 1 heterocycles. The highest BCUT2D eigenvalue weighted by molar-refractivity contribution is 5.35. The van der Waals surface area contributed by atoms with Crippen molar-refractivity contribution in [2.75, 3.05) is 20.3 Å². The first-order valence-corrected chi connectivity index (χ1v) is 7.09. The first-order chi connectivity index (χ1) is 10.3. The number of rotatable bonds is 8. The fourth-order valence-corrected chi connectivity index (χ4v) is 2.13. The van der Waals surface area contributed by atoms with Crippen LogP contribution in [0.4, 0.5) is 0 Å². The summed E-state index contributed by atoms with van der Waals surface area (Å²) in [6, 6.07) is 11.5. The lowest BCUT2D eigenvalue weighted by Gasteiger charge is -2.16. The van der Waals surface area contributed by atoms with Gasteiger partial charge < -0.3 is 14.6 Å². The second-order valence-corrected chi connectivity index (χ2v) is 4.79. The summed E-state index contributed by atoms with van der Waals surface area (Å²) in [4.78, 5) is 3.99. The zero-order valence-electron chi connectivity index (χ0n) is 12.2. The van der Waals surface area contributed by atoms with Crippen molar-refractivity contribution in [3.8, 4) is 5.75 Å². The SMILES string of the molecule is COCCOc1ccccc1C(O)CCc1ccncc1. The number of para-hydroxylation sites is 1. The van der Waals surface area contributed by atoms with Crippen LogP contribution in [0, 0.1) is 0 Å². The minimum atomic E-state index is -0.545. The van der Waals surface area contributed by atoms with Crippen molar-refractivity contribution in [2.24, 2.45) is 0 Å². The van der Waals surface area contributed by atoms with Gasteiger partial charge in [0.15, 0.2) is 0 Å². The highest BCUT2D eigenvalue weighted by Gasteiger charge is 2.13. The van der Waals surface area contributed by atoms with Gasteiger partial charge >= 0.3 is 0 Å². The third-order valence-electron chi connectivity index (χ3n) is 3.28. The fraction of sp³-hybridized carbons (Fsp3) is 0.353. The van der Waals surface area contributed by atoms with Gasteiger partial charge in [-0.3, -0.25) is 4.98 Å². The van der Waals surface area contributed by atoms with E-state index >= 15 is 0 Å². The van der Waals surface area contributed by atoms with E-state index < -0.39 is 6.10 Å². The molecule has 1 unspecified atom stereocenters. The molecule has 0 saturated carbocycles. The molecule has 0 spiro atoms. The van der Waals surface area contributed by atoms with E-state index in [1.807, 2.05) is 36.4 Å². The van der Waals surface area contributed by atoms with Crippen molar-refractivity contribution < 1.29 is 14.6 Å². The number of aliphatic hydroxyl groups is 1. The molecule has 0 aliphatic carbocycles. The summed E-state index contributed by atoms with van der Waals surface area (Å²) in [7, 11) is 1.64. The summed E-state index contributed by atoms with van der Waals surface area (Å²) >= 11 is 0. The first-order valence-electron chi connectivity index (χ1n) is 7.09. The monoisotopic (exact) mass is 287 g/mol. The molecular formula is C17H21NO3. The largest absolute Gasteiger partial charge is 0.491 e. The fourth-order valence-electron chi connectivity index (χ4n) is 2.13. The Morgan fingerprint density at radius 1 is 1.10 bits per heavy atom. The molecule has 2 aromatic rings. The van der Waals surface area contributed by atoms with E-state index in [2.05, 4.69) is 4.98 Å². The van der Waals surface area contributed by atoms with E-state index in [1.54, 1.807) is 19.5 Å². The quantitative estimate of drug-likeness (QED) is 0.759. The molecule has 112 valence electrons. The summed E-state index contributed by atoms with van der Waals surface area (Å²) in [5.41, 5.74) is 1.99. The maximum absolute atomic E-state index is 10.4. The summed E-state index contributed by atoms with van der Waals surface area (Å²) in [5.74, 6) is 0.719. The molecule has 1 atom stereocenters. The molecule has 4 nitrogen and oxygen atoms in total. The molecule has 1 aromatic heterocycles. The Labute approximate surface area is 125 Å². The highest BCUT2D eigenvalue weighted by Crippen LogP contribution is 2.28. The maximum atomic E-state index is 10.4. The predicted molar refractivity (Wildman–Crippen MR) is 81.3 cm³/mol. The van der Waals surface area contributed by atoms with Crippen LogP contribution >= 0.6 is 0 Å². The van der Waals surface area contributed by atoms with Crippen LogP contribution in [-0.2, 0) is 11.2 Å². The molecule has 0 saturated heterocycles. The van der Waals surface area contributed by atoms with Crippen LogP contribution in [0.1, 0.15) is 23.7 Å². The maximum Gasteiger partial charge on any atom is 0.125 e. The van der Waals surface area contributed by atoms with Crippen LogP contribution < -0.4 is 4.74 Å². The van der Waals surface area contributed by atoms with Crippen molar-refractivity contribution in [3.63, 3.8) is 0 Å². The zero-order valence-corrected chi connectivity index (χ0v) is 12.2. The number of nitrogens with zero attached hydrogens (tertiary/aromatic N) is 1. The molecule has 1 aromatic carbocycles. The van der Waals surface area contributed by atoms with Crippen LogP contribution in [0.2, 0.25) is 0 Å². The van der Waals surface area contributed by atoms with Gasteiger partial charge in [0.25, 0.3) is 0 Å². The number of aliphatic hydroxyl groups excluding tert-OH is 1. The lowest BCUT2D eigenvalue weighted by molar-refractivity contribution is 0.136. The Bertz CT molecular complexity index is 531. The van der Waals surface area contributed by atoms with Crippen LogP contribution in [0.15, 0.2) is 48.8 Å². The number of aryl methyl sites for hydroxylation is 1. The van der Waals surface area contributed by atoms with Crippen molar-refractivity contribution in [1.82, 2.24) is 4.98 Å². The Morgan fingerprint density at radius 2 is 1.86 bits per heavy atom. The molecule has 0 fully saturated rings. The van der Waals surface area contributed by atoms with E-state index in [9.17, 15) is 5.11 Å². The topological polar surface area (TPSA) is 51.6 Å². The van der Waals surface area contributed by atoms with Gasteiger partial charge in [0.05, 0.1) is 12.7 Å². The minimum absolute atomic E-state index is 0.477. The minimum Gasteiger partial charge on any atom is -0.491 e. The summed E-state index contributed by atoms with van der Waals surface area (Å²) in [5, 5.41) is 10.4. The highest BCUT2D eigenvalue weighted by atomic mass is 16.5. The number of hydrogen-bond donors (Lipinski definition) is 1. The lowest BCUT2D eigenvalue weighted by Crippen LogP contribution is -2.08. The smallest absolute Gasteiger partial charge is 0.125 e. The number of hydrogen-bond acceptors (Lipinski definition) is 4. The number of pyridine rings is 1. The Morgan fingerprint density at radius 3 is 2.62 bits per heavy atom. The Balaban J connectivity index is 1.96. The van der Waals surface area contributed by atoms with Crippen LogP contribution in [0.3, 0.4) is 0 Å². The number of benzene rings is 1. The van der Waals surface area contributed by atoms with Gasteiger partial charge in [0.2, 0.25) is 0 Å². The second kappa shape index (κ2) is 8.39. The summed E-state index contributed by atoms with van der Waals surface area (Å²) in [6.45, 7) is 1.01. The third kappa shape index (κ3) is 4.85. The van der Waals surface area contributed by atoms with Crippen molar-refractivity contribution in [1.29, 1.82) is 0 Å². The van der Waals surface area contributed by atoms with Gasteiger partial charge in [0, 0.05) is 25.1 Å². The van der Waals surface area contributed by atoms with Gasteiger partial charge in [-0.05, 0) is 36.6 Å². The van der Waals surface area contributed by atoms with Gasteiger partial charge in [-0.2, -0.15) is 0 Å². The zero-order chi connectivity index (χ0) is 14.9. The van der Waals surface area contributed by atoms with Gasteiger partial charge in [-0.15, -0.1) is 0 Å². The van der Waals surface area contributed by atoms with E-state index in [-0.39, 0.29) is 0 Å². The van der Waals surface area contributed by atoms with Crippen molar-refractivity contribution >= 4 is 0 Å². The normalized spacial score (nSPS) is 12.1. The molecule has 0 radical (unpaired) electrons. The third-order valence-corrected chi connectivity index (χ3v) is 3.28. The van der Waals surface area contributed by atoms with Gasteiger partial charge in [0.1, 0.15) is 12.4 Å². The van der Waals surface area contributed by atoms with E-state index in [0.717, 1.165) is 17.7 Å². The van der Waals surface area contributed by atoms with E-state index in [1.165, 1.54) is 5.56 Å². The standard InChI is InChI=1S/C17H21NO3/c1-20-12-13-21-17-5-3-2-4-15(17)16(19)7-6-14-8-10-18-11-9-14/h2-5,8-11,16,19H,6-7,12-13H2,1H3. The molecule has 2 rings (SSSR count). The van der Waals surface area contributed by atoms with Crippen LogP contribution in [0.25, 0.3) is 0 Å². The summed E-state index contributed by atoms with van der Waals surface area (Å²) < 4.78 is 10.6. The van der Waals surface area contributed by atoms with Gasteiger partial charge in [-0.1, -0.05) is 18.2 Å². The number of aromatic nitrogens is 1. The number of ether oxygens (including phenoxy) is 2. The molecule has 1 N–H and O–H groups in total. The van der Waals surface area contributed by atoms with E-state index in [0.29, 0.717) is 19.6 Å². The van der Waals surface area contributed by atoms with Crippen LogP contribution in [-0.4, -0.2) is 30.4 Å². The predicted octanol–water partition coefficient (Wildman–Crippen LogP) is 2.77. The lowest BCUT2D eigenvalue weighted by atomic mass is 10.0. The number of methoxy groups -OCH3 is 1. The Hall–Kier alpha value is -1.91. The van der Waals surface area contributed by atoms with Crippen molar-refractivity contribution in [2.45, 2.75) is 18.9 Å².